The molecule has 3 aromatic rings. The monoisotopic (exact) mass is 458 g/mol. The van der Waals surface area contributed by atoms with Gasteiger partial charge in [-0.1, -0.05) is 36.4 Å². The molecule has 0 bridgehead atoms. The fourth-order valence-electron chi connectivity index (χ4n) is 3.98. The number of ether oxygens (including phenoxy) is 4. The summed E-state index contributed by atoms with van der Waals surface area (Å²) >= 11 is 0. The summed E-state index contributed by atoms with van der Waals surface area (Å²) < 4.78 is 21.6. The van der Waals surface area contributed by atoms with Crippen LogP contribution in [0, 0.1) is 0 Å². The number of rotatable bonds is 7. The van der Waals surface area contributed by atoms with E-state index < -0.39 is 11.8 Å². The lowest BCUT2D eigenvalue weighted by atomic mass is 10.0. The van der Waals surface area contributed by atoms with Gasteiger partial charge in [0.1, 0.15) is 5.70 Å². The molecule has 0 spiro atoms. The maximum absolute atomic E-state index is 13.6. The second-order valence-corrected chi connectivity index (χ2v) is 7.69. The van der Waals surface area contributed by atoms with E-state index in [1.165, 1.54) is 19.1 Å². The Kier molecular flexibility index (Phi) is 5.55. The minimum absolute atomic E-state index is 0.140. The first-order valence-electron chi connectivity index (χ1n) is 10.6. The number of anilines is 1. The minimum Gasteiger partial charge on any atom is -0.493 e. The van der Waals surface area contributed by atoms with Crippen molar-refractivity contribution in [2.75, 3.05) is 26.3 Å². The zero-order valence-corrected chi connectivity index (χ0v) is 18.7. The molecule has 0 fully saturated rings. The van der Waals surface area contributed by atoms with Crippen LogP contribution in [0.25, 0.3) is 5.57 Å². The van der Waals surface area contributed by atoms with Gasteiger partial charge in [-0.3, -0.25) is 14.5 Å². The number of carbonyl (C=O) groups is 2. The average molecular weight is 458 g/mol. The molecule has 0 saturated carbocycles. The van der Waals surface area contributed by atoms with E-state index in [2.05, 4.69) is 5.32 Å². The van der Waals surface area contributed by atoms with Gasteiger partial charge >= 0.3 is 0 Å². The number of amides is 2. The average Bonchev–Trinajstić information content (AvgIpc) is 3.42. The fraction of sp³-hybridized carbons (Fsp3) is 0.154. The molecule has 0 atom stereocenters. The molecular weight excluding hydrogens is 436 g/mol. The Hall–Kier alpha value is -4.46. The summed E-state index contributed by atoms with van der Waals surface area (Å²) in [5.74, 6) is 1.35. The predicted octanol–water partition coefficient (Wildman–Crippen LogP) is 3.82. The number of benzene rings is 3. The van der Waals surface area contributed by atoms with Gasteiger partial charge in [-0.05, 0) is 35.4 Å². The van der Waals surface area contributed by atoms with E-state index >= 15 is 0 Å². The van der Waals surface area contributed by atoms with Gasteiger partial charge in [-0.25, -0.2) is 0 Å². The van der Waals surface area contributed by atoms with Crippen molar-refractivity contribution in [1.29, 1.82) is 0 Å². The zero-order valence-electron chi connectivity index (χ0n) is 18.7. The molecule has 1 N–H and O–H groups in total. The van der Waals surface area contributed by atoms with Crippen LogP contribution in [0.3, 0.4) is 0 Å². The Balaban J connectivity index is 1.56. The van der Waals surface area contributed by atoms with Crippen LogP contribution in [0.4, 0.5) is 5.69 Å². The normalized spacial score (nSPS) is 14.6. The van der Waals surface area contributed by atoms with E-state index in [4.69, 9.17) is 18.9 Å². The second kappa shape index (κ2) is 8.82. The van der Waals surface area contributed by atoms with Gasteiger partial charge in [0.05, 0.1) is 26.3 Å². The SMILES string of the molecule is COc1ccc(C2=C(Nc3ccc4c(c3)OCO4)C(=O)N(Cc3ccccc3)C2=O)cc1OC. The third kappa shape index (κ3) is 3.79. The number of hydrogen-bond donors (Lipinski definition) is 1. The molecule has 2 heterocycles. The maximum Gasteiger partial charge on any atom is 0.278 e. The summed E-state index contributed by atoms with van der Waals surface area (Å²) in [6, 6.07) is 19.8. The Labute approximate surface area is 196 Å². The van der Waals surface area contributed by atoms with Gasteiger partial charge in [0.25, 0.3) is 11.8 Å². The third-order valence-electron chi connectivity index (χ3n) is 5.67. The van der Waals surface area contributed by atoms with Gasteiger partial charge < -0.3 is 24.3 Å². The highest BCUT2D eigenvalue weighted by Crippen LogP contribution is 2.38. The van der Waals surface area contributed by atoms with Crippen LogP contribution in [-0.4, -0.2) is 37.7 Å². The number of hydrogen-bond acceptors (Lipinski definition) is 7. The number of nitrogens with zero attached hydrogens (tertiary/aromatic N) is 1. The number of fused-ring (bicyclic) bond motifs is 1. The van der Waals surface area contributed by atoms with Crippen molar-refractivity contribution >= 4 is 23.1 Å². The van der Waals surface area contributed by atoms with Gasteiger partial charge in [0, 0.05) is 11.8 Å². The van der Waals surface area contributed by atoms with Crippen molar-refractivity contribution in [3.8, 4) is 23.0 Å². The van der Waals surface area contributed by atoms with Gasteiger partial charge in [-0.15, -0.1) is 0 Å². The third-order valence-corrected chi connectivity index (χ3v) is 5.67. The molecule has 5 rings (SSSR count). The van der Waals surface area contributed by atoms with E-state index in [1.54, 1.807) is 36.4 Å². The standard InChI is InChI=1S/C26H22N2O6/c1-31-19-10-8-17(12-21(19)32-2)23-24(27-18-9-11-20-22(13-18)34-15-33-20)26(30)28(25(23)29)14-16-6-4-3-5-7-16/h3-13,27H,14-15H2,1-2H3. The summed E-state index contributed by atoms with van der Waals surface area (Å²) in [6.07, 6.45) is 0. The number of methoxy groups -OCH3 is 2. The highest BCUT2D eigenvalue weighted by Gasteiger charge is 2.39. The van der Waals surface area contributed by atoms with E-state index in [-0.39, 0.29) is 24.6 Å². The van der Waals surface area contributed by atoms with E-state index in [1.807, 2.05) is 30.3 Å². The van der Waals surface area contributed by atoms with Crippen LogP contribution in [0.1, 0.15) is 11.1 Å². The molecule has 0 radical (unpaired) electrons. The second-order valence-electron chi connectivity index (χ2n) is 7.69. The van der Waals surface area contributed by atoms with Crippen LogP contribution >= 0.6 is 0 Å². The Morgan fingerprint density at radius 2 is 1.62 bits per heavy atom. The lowest BCUT2D eigenvalue weighted by Crippen LogP contribution is -2.31. The maximum atomic E-state index is 13.6. The van der Waals surface area contributed by atoms with Crippen LogP contribution in [0.2, 0.25) is 0 Å². The number of carbonyl (C=O) groups excluding carboxylic acids is 2. The quantitative estimate of drug-likeness (QED) is 0.539. The smallest absolute Gasteiger partial charge is 0.278 e. The summed E-state index contributed by atoms with van der Waals surface area (Å²) in [7, 11) is 3.06. The first kappa shape index (κ1) is 21.4. The van der Waals surface area contributed by atoms with E-state index in [9.17, 15) is 9.59 Å². The van der Waals surface area contributed by atoms with Crippen LogP contribution < -0.4 is 24.3 Å². The Bertz CT molecular complexity index is 1300. The van der Waals surface area contributed by atoms with Crippen molar-refractivity contribution < 1.29 is 28.5 Å². The molecule has 0 unspecified atom stereocenters. The van der Waals surface area contributed by atoms with Crippen LogP contribution in [-0.2, 0) is 16.1 Å². The van der Waals surface area contributed by atoms with Crippen molar-refractivity contribution in [3.05, 3.63) is 83.6 Å². The van der Waals surface area contributed by atoms with E-state index in [0.717, 1.165) is 5.56 Å². The number of imide groups is 1. The molecule has 172 valence electrons. The van der Waals surface area contributed by atoms with Gasteiger partial charge in [0.15, 0.2) is 23.0 Å². The van der Waals surface area contributed by atoms with E-state index in [0.29, 0.717) is 34.2 Å². The highest BCUT2D eigenvalue weighted by atomic mass is 16.7. The molecule has 2 aliphatic heterocycles. The van der Waals surface area contributed by atoms with Gasteiger partial charge in [-0.2, -0.15) is 0 Å². The molecule has 2 aliphatic rings. The molecule has 0 aliphatic carbocycles. The highest BCUT2D eigenvalue weighted by molar-refractivity contribution is 6.36. The van der Waals surface area contributed by atoms with Crippen LogP contribution in [0.5, 0.6) is 23.0 Å². The lowest BCUT2D eigenvalue weighted by molar-refractivity contribution is -0.137. The minimum atomic E-state index is -0.420. The first-order valence-corrected chi connectivity index (χ1v) is 10.6. The van der Waals surface area contributed by atoms with Crippen molar-refractivity contribution in [3.63, 3.8) is 0 Å². The molecule has 0 saturated heterocycles. The summed E-state index contributed by atoms with van der Waals surface area (Å²) in [4.78, 5) is 28.3. The summed E-state index contributed by atoms with van der Waals surface area (Å²) in [5.41, 5.74) is 2.40. The molecule has 0 aromatic heterocycles. The molecule has 8 nitrogen and oxygen atoms in total. The molecule has 8 heteroatoms. The van der Waals surface area contributed by atoms with Crippen molar-refractivity contribution in [2.24, 2.45) is 0 Å². The molecule has 34 heavy (non-hydrogen) atoms. The first-order chi connectivity index (χ1) is 16.6. The van der Waals surface area contributed by atoms with Crippen molar-refractivity contribution in [2.45, 2.75) is 6.54 Å². The Morgan fingerprint density at radius 1 is 0.853 bits per heavy atom. The van der Waals surface area contributed by atoms with Crippen molar-refractivity contribution in [1.82, 2.24) is 4.90 Å². The lowest BCUT2D eigenvalue weighted by Gasteiger charge is -2.15. The Morgan fingerprint density at radius 3 is 2.38 bits per heavy atom. The predicted molar refractivity (Wildman–Crippen MR) is 125 cm³/mol. The summed E-state index contributed by atoms with van der Waals surface area (Å²) in [6.45, 7) is 0.294. The molecule has 3 aromatic carbocycles. The molecule has 2 amide bonds. The van der Waals surface area contributed by atoms with Crippen LogP contribution in [0.15, 0.2) is 72.4 Å². The summed E-state index contributed by atoms with van der Waals surface area (Å²) in [5, 5.41) is 3.14. The number of nitrogens with one attached hydrogen (secondary N) is 1. The molecular formula is C26H22N2O6. The zero-order chi connectivity index (χ0) is 23.7. The van der Waals surface area contributed by atoms with Gasteiger partial charge in [0.2, 0.25) is 6.79 Å². The topological polar surface area (TPSA) is 86.3 Å². The largest absolute Gasteiger partial charge is 0.493 e. The fourth-order valence-corrected chi connectivity index (χ4v) is 3.98.